The Balaban J connectivity index is 2.05. The predicted octanol–water partition coefficient (Wildman–Crippen LogP) is 4.14. The van der Waals surface area contributed by atoms with Crippen molar-refractivity contribution in [2.24, 2.45) is 16.7 Å². The predicted molar refractivity (Wildman–Crippen MR) is 84.5 cm³/mol. The second-order valence-corrected chi connectivity index (χ2v) is 8.04. The molecule has 1 saturated heterocycles. The molecule has 2 fully saturated rings. The topological polar surface area (TPSA) is 44.1 Å². The maximum atomic E-state index is 12.9. The molecule has 2 aliphatic rings. The molecule has 3 heteroatoms. The van der Waals surface area contributed by atoms with Gasteiger partial charge in [-0.2, -0.15) is 5.26 Å². The minimum atomic E-state index is -0.709. The first-order chi connectivity index (χ1) is 9.89. The van der Waals surface area contributed by atoms with Gasteiger partial charge in [-0.15, -0.1) is 0 Å². The molecule has 0 aromatic carbocycles. The molecule has 1 aliphatic carbocycles. The van der Waals surface area contributed by atoms with Gasteiger partial charge in [0.05, 0.1) is 6.07 Å². The molecule has 1 amide bonds. The van der Waals surface area contributed by atoms with Crippen molar-refractivity contribution >= 4 is 5.91 Å². The van der Waals surface area contributed by atoms with Crippen molar-refractivity contribution in [1.82, 2.24) is 4.90 Å². The molecule has 1 heterocycles. The van der Waals surface area contributed by atoms with Crippen LogP contribution in [0, 0.1) is 28.1 Å². The van der Waals surface area contributed by atoms with Gasteiger partial charge in [0.25, 0.3) is 0 Å². The maximum Gasteiger partial charge on any atom is 0.243 e. The van der Waals surface area contributed by atoms with E-state index in [-0.39, 0.29) is 5.91 Å². The molecule has 0 aromatic rings. The third-order valence-electron chi connectivity index (χ3n) is 5.57. The minimum absolute atomic E-state index is 0.124. The van der Waals surface area contributed by atoms with Crippen LogP contribution in [-0.2, 0) is 4.79 Å². The van der Waals surface area contributed by atoms with Gasteiger partial charge in [-0.05, 0) is 43.4 Å². The van der Waals surface area contributed by atoms with Gasteiger partial charge in [-0.25, -0.2) is 0 Å². The molecule has 1 aliphatic heterocycles. The number of nitrogens with zero attached hydrogens (tertiary/aromatic N) is 2. The average Bonchev–Trinajstić information content (AvgIpc) is 2.72. The number of hydrogen-bond acceptors (Lipinski definition) is 2. The Kier molecular flexibility index (Phi) is 4.96. The minimum Gasteiger partial charge on any atom is -0.341 e. The van der Waals surface area contributed by atoms with Crippen LogP contribution in [0.2, 0.25) is 0 Å². The second-order valence-electron chi connectivity index (χ2n) is 8.04. The van der Waals surface area contributed by atoms with Crippen molar-refractivity contribution in [3.05, 3.63) is 0 Å². The van der Waals surface area contributed by atoms with Crippen LogP contribution < -0.4 is 0 Å². The zero-order valence-electron chi connectivity index (χ0n) is 14.0. The third-order valence-corrected chi connectivity index (χ3v) is 5.57. The highest BCUT2D eigenvalue weighted by Crippen LogP contribution is 2.39. The van der Waals surface area contributed by atoms with Crippen LogP contribution in [0.5, 0.6) is 0 Å². The fraction of sp³-hybridized carbons (Fsp3) is 0.889. The fourth-order valence-corrected chi connectivity index (χ4v) is 4.00. The van der Waals surface area contributed by atoms with Crippen LogP contribution in [-0.4, -0.2) is 23.9 Å². The smallest absolute Gasteiger partial charge is 0.243 e. The molecular formula is C18H30N2O. The van der Waals surface area contributed by atoms with Crippen molar-refractivity contribution in [3.63, 3.8) is 0 Å². The van der Waals surface area contributed by atoms with Gasteiger partial charge in [0.2, 0.25) is 5.91 Å². The third kappa shape index (κ3) is 3.59. The van der Waals surface area contributed by atoms with E-state index in [1.807, 2.05) is 4.90 Å². The molecule has 0 bridgehead atoms. The highest BCUT2D eigenvalue weighted by molar-refractivity contribution is 5.85. The summed E-state index contributed by atoms with van der Waals surface area (Å²) in [7, 11) is 0. The molecule has 0 spiro atoms. The standard InChI is InChI=1S/C18H30N2O/c1-17(2,3)15-8-7-12-20(13-9-15)16(21)18(14-19)10-5-4-6-11-18/h15H,4-13H2,1-3H3. The first kappa shape index (κ1) is 16.3. The van der Waals surface area contributed by atoms with E-state index in [0.717, 1.165) is 51.6 Å². The lowest BCUT2D eigenvalue weighted by Crippen LogP contribution is -2.45. The van der Waals surface area contributed by atoms with Crippen molar-refractivity contribution in [1.29, 1.82) is 5.26 Å². The summed E-state index contributed by atoms with van der Waals surface area (Å²) in [6.45, 7) is 8.58. The first-order valence-electron chi connectivity index (χ1n) is 8.60. The Morgan fingerprint density at radius 2 is 1.76 bits per heavy atom. The Bertz CT molecular complexity index is 410. The number of carbonyl (C=O) groups is 1. The molecule has 3 nitrogen and oxygen atoms in total. The zero-order chi connectivity index (χ0) is 15.5. The lowest BCUT2D eigenvalue weighted by Gasteiger charge is -2.35. The lowest BCUT2D eigenvalue weighted by atomic mass is 9.74. The van der Waals surface area contributed by atoms with E-state index in [0.29, 0.717) is 11.3 Å². The van der Waals surface area contributed by atoms with E-state index in [2.05, 4.69) is 26.8 Å². The van der Waals surface area contributed by atoms with Crippen LogP contribution >= 0.6 is 0 Å². The quantitative estimate of drug-likeness (QED) is 0.728. The fourth-order valence-electron chi connectivity index (χ4n) is 4.00. The summed E-state index contributed by atoms with van der Waals surface area (Å²) < 4.78 is 0. The number of nitriles is 1. The number of hydrogen-bond donors (Lipinski definition) is 0. The van der Waals surface area contributed by atoms with E-state index in [1.54, 1.807) is 0 Å². The summed E-state index contributed by atoms with van der Waals surface area (Å²) in [6.07, 6.45) is 8.11. The van der Waals surface area contributed by atoms with Crippen molar-refractivity contribution in [2.75, 3.05) is 13.1 Å². The normalized spacial score (nSPS) is 26.8. The van der Waals surface area contributed by atoms with Crippen LogP contribution in [0.15, 0.2) is 0 Å². The van der Waals surface area contributed by atoms with E-state index in [1.165, 1.54) is 12.8 Å². The Hall–Kier alpha value is -1.04. The number of rotatable bonds is 1. The lowest BCUT2D eigenvalue weighted by molar-refractivity contribution is -0.140. The second kappa shape index (κ2) is 6.38. The number of likely N-dealkylation sites (tertiary alicyclic amines) is 1. The van der Waals surface area contributed by atoms with E-state index in [9.17, 15) is 10.1 Å². The summed E-state index contributed by atoms with van der Waals surface area (Å²) in [6, 6.07) is 2.39. The van der Waals surface area contributed by atoms with Gasteiger partial charge >= 0.3 is 0 Å². The SMILES string of the molecule is CC(C)(C)C1CCCN(C(=O)C2(C#N)CCCCC2)CC1. The van der Waals surface area contributed by atoms with Gasteiger partial charge in [-0.1, -0.05) is 40.0 Å². The highest BCUT2D eigenvalue weighted by atomic mass is 16.2. The van der Waals surface area contributed by atoms with Gasteiger partial charge in [0, 0.05) is 13.1 Å². The van der Waals surface area contributed by atoms with Gasteiger partial charge in [0.15, 0.2) is 0 Å². The molecule has 21 heavy (non-hydrogen) atoms. The summed E-state index contributed by atoms with van der Waals surface area (Å²) in [5, 5.41) is 9.60. The van der Waals surface area contributed by atoms with Crippen LogP contribution in [0.3, 0.4) is 0 Å². The van der Waals surface area contributed by atoms with E-state index >= 15 is 0 Å². The van der Waals surface area contributed by atoms with Crippen molar-refractivity contribution in [2.45, 2.75) is 72.1 Å². The Labute approximate surface area is 129 Å². The van der Waals surface area contributed by atoms with Gasteiger partial charge in [-0.3, -0.25) is 4.79 Å². The highest BCUT2D eigenvalue weighted by Gasteiger charge is 2.43. The van der Waals surface area contributed by atoms with Gasteiger partial charge < -0.3 is 4.90 Å². The summed E-state index contributed by atoms with van der Waals surface area (Å²) >= 11 is 0. The zero-order valence-corrected chi connectivity index (χ0v) is 14.0. The Morgan fingerprint density at radius 1 is 1.10 bits per heavy atom. The summed E-state index contributed by atoms with van der Waals surface area (Å²) in [5.41, 5.74) is -0.392. The molecule has 0 radical (unpaired) electrons. The molecular weight excluding hydrogens is 260 g/mol. The van der Waals surface area contributed by atoms with Crippen molar-refractivity contribution in [3.8, 4) is 6.07 Å². The molecule has 0 aromatic heterocycles. The van der Waals surface area contributed by atoms with Crippen molar-refractivity contribution < 1.29 is 4.79 Å². The van der Waals surface area contributed by atoms with Crippen LogP contribution in [0.4, 0.5) is 0 Å². The van der Waals surface area contributed by atoms with Crippen LogP contribution in [0.1, 0.15) is 72.1 Å². The monoisotopic (exact) mass is 290 g/mol. The molecule has 1 saturated carbocycles. The molecule has 1 atom stereocenters. The molecule has 0 N–H and O–H groups in total. The first-order valence-corrected chi connectivity index (χ1v) is 8.60. The largest absolute Gasteiger partial charge is 0.341 e. The summed E-state index contributed by atoms with van der Waals surface area (Å²) in [4.78, 5) is 14.9. The van der Waals surface area contributed by atoms with E-state index < -0.39 is 5.41 Å². The molecule has 1 unspecified atom stereocenters. The number of carbonyl (C=O) groups excluding carboxylic acids is 1. The Morgan fingerprint density at radius 3 is 2.33 bits per heavy atom. The maximum absolute atomic E-state index is 12.9. The molecule has 2 rings (SSSR count). The molecule has 118 valence electrons. The van der Waals surface area contributed by atoms with E-state index in [4.69, 9.17) is 0 Å². The summed E-state index contributed by atoms with van der Waals surface area (Å²) in [5.74, 6) is 0.805. The number of amides is 1. The van der Waals surface area contributed by atoms with Gasteiger partial charge in [0.1, 0.15) is 5.41 Å². The van der Waals surface area contributed by atoms with Crippen LogP contribution in [0.25, 0.3) is 0 Å². The average molecular weight is 290 g/mol.